The van der Waals surface area contributed by atoms with Crippen molar-refractivity contribution in [3.05, 3.63) is 0 Å². The Balaban J connectivity index is 2.13. The maximum absolute atomic E-state index is 5.60. The van der Waals surface area contributed by atoms with Crippen molar-refractivity contribution in [2.45, 2.75) is 33.6 Å². The van der Waals surface area contributed by atoms with E-state index in [1.165, 1.54) is 32.6 Å². The first kappa shape index (κ1) is 24.1. The van der Waals surface area contributed by atoms with Crippen molar-refractivity contribution in [3.63, 3.8) is 0 Å². The first-order chi connectivity index (χ1) is 13.2. The highest BCUT2D eigenvalue weighted by Crippen LogP contribution is 2.05. The predicted octanol–water partition coefficient (Wildman–Crippen LogP) is 1.26. The SMILES string of the molecule is CCCCOCCOCCNC(=NCC(C)CN1CCN(C)CC1)NCC. The summed E-state index contributed by atoms with van der Waals surface area (Å²) in [5, 5.41) is 6.66. The van der Waals surface area contributed by atoms with Gasteiger partial charge in [-0.3, -0.25) is 4.99 Å². The van der Waals surface area contributed by atoms with Crippen LogP contribution < -0.4 is 10.6 Å². The molecule has 1 aliphatic rings. The number of rotatable bonds is 14. The zero-order valence-electron chi connectivity index (χ0n) is 18.1. The molecule has 1 rings (SSSR count). The normalized spacial score (nSPS) is 17.9. The highest BCUT2D eigenvalue weighted by atomic mass is 16.5. The van der Waals surface area contributed by atoms with Crippen LogP contribution in [0.4, 0.5) is 0 Å². The van der Waals surface area contributed by atoms with Crippen molar-refractivity contribution < 1.29 is 9.47 Å². The number of hydrogen-bond donors (Lipinski definition) is 2. The smallest absolute Gasteiger partial charge is 0.191 e. The summed E-state index contributed by atoms with van der Waals surface area (Å²) in [5.74, 6) is 1.44. The van der Waals surface area contributed by atoms with E-state index >= 15 is 0 Å². The van der Waals surface area contributed by atoms with Gasteiger partial charge in [-0.05, 0) is 26.3 Å². The van der Waals surface area contributed by atoms with Gasteiger partial charge in [-0.25, -0.2) is 0 Å². The van der Waals surface area contributed by atoms with Gasteiger partial charge in [-0.2, -0.15) is 0 Å². The van der Waals surface area contributed by atoms with Gasteiger partial charge in [0.1, 0.15) is 0 Å². The molecule has 0 aromatic carbocycles. The summed E-state index contributed by atoms with van der Waals surface area (Å²) < 4.78 is 11.1. The fourth-order valence-corrected chi connectivity index (χ4v) is 2.93. The average Bonchev–Trinajstić information content (AvgIpc) is 2.66. The van der Waals surface area contributed by atoms with Crippen LogP contribution >= 0.6 is 0 Å². The molecule has 2 N–H and O–H groups in total. The second-order valence-electron chi connectivity index (χ2n) is 7.43. The van der Waals surface area contributed by atoms with E-state index in [1.54, 1.807) is 0 Å². The van der Waals surface area contributed by atoms with Gasteiger partial charge in [0.25, 0.3) is 0 Å². The van der Waals surface area contributed by atoms with Gasteiger partial charge in [0.2, 0.25) is 0 Å². The lowest BCUT2D eigenvalue weighted by Crippen LogP contribution is -2.46. The van der Waals surface area contributed by atoms with E-state index in [2.05, 4.69) is 48.3 Å². The van der Waals surface area contributed by atoms with Crippen molar-refractivity contribution >= 4 is 5.96 Å². The van der Waals surface area contributed by atoms with Gasteiger partial charge in [0, 0.05) is 59.0 Å². The fourth-order valence-electron chi connectivity index (χ4n) is 2.93. The van der Waals surface area contributed by atoms with Gasteiger partial charge in [0.15, 0.2) is 5.96 Å². The summed E-state index contributed by atoms with van der Waals surface area (Å²) in [6.45, 7) is 17.6. The summed E-state index contributed by atoms with van der Waals surface area (Å²) in [7, 11) is 2.20. The molecule has 0 spiro atoms. The third-order valence-electron chi connectivity index (χ3n) is 4.62. The molecule has 0 radical (unpaired) electrons. The Morgan fingerprint density at radius 1 is 1.00 bits per heavy atom. The minimum absolute atomic E-state index is 0.556. The topological polar surface area (TPSA) is 61.4 Å². The van der Waals surface area contributed by atoms with Crippen LogP contribution in [-0.2, 0) is 9.47 Å². The second-order valence-corrected chi connectivity index (χ2v) is 7.43. The number of nitrogens with zero attached hydrogens (tertiary/aromatic N) is 3. The number of piperazine rings is 1. The van der Waals surface area contributed by atoms with Crippen LogP contribution in [-0.4, -0.2) is 102 Å². The molecule has 0 aromatic rings. The summed E-state index contributed by atoms with van der Waals surface area (Å²) in [6.07, 6.45) is 2.29. The molecular formula is C20H43N5O2. The fraction of sp³-hybridized carbons (Fsp3) is 0.950. The lowest BCUT2D eigenvalue weighted by atomic mass is 10.1. The Bertz CT molecular complexity index is 373. The van der Waals surface area contributed by atoms with Crippen LogP contribution in [0.15, 0.2) is 4.99 Å². The Morgan fingerprint density at radius 2 is 1.70 bits per heavy atom. The number of unbranched alkanes of at least 4 members (excludes halogenated alkanes) is 1. The molecule has 1 fully saturated rings. The van der Waals surface area contributed by atoms with Crippen LogP contribution in [0.1, 0.15) is 33.6 Å². The third kappa shape index (κ3) is 13.0. The van der Waals surface area contributed by atoms with Crippen LogP contribution in [0.25, 0.3) is 0 Å². The molecule has 1 aliphatic heterocycles. The number of likely N-dealkylation sites (N-methyl/N-ethyl adjacent to an activating group) is 1. The van der Waals surface area contributed by atoms with Gasteiger partial charge in [0.05, 0.1) is 19.8 Å². The molecule has 1 saturated heterocycles. The van der Waals surface area contributed by atoms with Crippen molar-refractivity contribution in [1.82, 2.24) is 20.4 Å². The van der Waals surface area contributed by atoms with E-state index in [0.717, 1.165) is 45.2 Å². The molecule has 1 unspecified atom stereocenters. The maximum atomic E-state index is 5.60. The summed E-state index contributed by atoms with van der Waals surface area (Å²) >= 11 is 0. The molecule has 0 bridgehead atoms. The molecule has 27 heavy (non-hydrogen) atoms. The number of aliphatic imine (C=N–C) groups is 1. The molecule has 7 heteroatoms. The Labute approximate surface area is 166 Å². The highest BCUT2D eigenvalue weighted by molar-refractivity contribution is 5.79. The molecule has 0 aromatic heterocycles. The average molecular weight is 386 g/mol. The summed E-state index contributed by atoms with van der Waals surface area (Å²) in [5.41, 5.74) is 0. The van der Waals surface area contributed by atoms with Crippen molar-refractivity contribution in [1.29, 1.82) is 0 Å². The van der Waals surface area contributed by atoms with E-state index < -0.39 is 0 Å². The third-order valence-corrected chi connectivity index (χ3v) is 4.62. The van der Waals surface area contributed by atoms with E-state index in [4.69, 9.17) is 14.5 Å². The van der Waals surface area contributed by atoms with E-state index in [9.17, 15) is 0 Å². The van der Waals surface area contributed by atoms with E-state index in [-0.39, 0.29) is 0 Å². The quantitative estimate of drug-likeness (QED) is 0.267. The maximum Gasteiger partial charge on any atom is 0.191 e. The molecule has 160 valence electrons. The largest absolute Gasteiger partial charge is 0.379 e. The van der Waals surface area contributed by atoms with E-state index in [0.29, 0.717) is 25.7 Å². The lowest BCUT2D eigenvalue weighted by Gasteiger charge is -2.33. The van der Waals surface area contributed by atoms with Gasteiger partial charge < -0.3 is 29.9 Å². The standard InChI is InChI=1S/C20H43N5O2/c1-5-7-13-26-15-16-27-14-8-22-20(21-6-2)23-17-19(3)18-25-11-9-24(4)10-12-25/h19H,5-18H2,1-4H3,(H2,21,22,23). The Kier molecular flexibility index (Phi) is 14.4. The number of guanidine groups is 1. The predicted molar refractivity (Wildman–Crippen MR) is 114 cm³/mol. The van der Waals surface area contributed by atoms with Crippen LogP contribution in [0.3, 0.4) is 0 Å². The number of hydrogen-bond acceptors (Lipinski definition) is 5. The molecule has 1 atom stereocenters. The minimum Gasteiger partial charge on any atom is -0.379 e. The molecule has 7 nitrogen and oxygen atoms in total. The first-order valence-corrected chi connectivity index (χ1v) is 10.7. The molecule has 0 amide bonds. The van der Waals surface area contributed by atoms with Crippen LogP contribution in [0, 0.1) is 5.92 Å². The first-order valence-electron chi connectivity index (χ1n) is 10.7. The molecular weight excluding hydrogens is 342 g/mol. The summed E-state index contributed by atoms with van der Waals surface area (Å²) in [4.78, 5) is 9.69. The van der Waals surface area contributed by atoms with Crippen molar-refractivity contribution in [2.75, 3.05) is 85.8 Å². The monoisotopic (exact) mass is 385 g/mol. The molecule has 0 aliphatic carbocycles. The van der Waals surface area contributed by atoms with Gasteiger partial charge in [-0.1, -0.05) is 20.3 Å². The van der Waals surface area contributed by atoms with Crippen LogP contribution in [0.5, 0.6) is 0 Å². The molecule has 1 heterocycles. The summed E-state index contributed by atoms with van der Waals surface area (Å²) in [6, 6.07) is 0. The minimum atomic E-state index is 0.556. The number of ether oxygens (including phenoxy) is 2. The molecule has 0 saturated carbocycles. The van der Waals surface area contributed by atoms with Gasteiger partial charge in [-0.15, -0.1) is 0 Å². The number of nitrogens with one attached hydrogen (secondary N) is 2. The second kappa shape index (κ2) is 16.1. The zero-order chi connectivity index (χ0) is 19.7. The van der Waals surface area contributed by atoms with Gasteiger partial charge >= 0.3 is 0 Å². The van der Waals surface area contributed by atoms with Crippen molar-refractivity contribution in [3.8, 4) is 0 Å². The van der Waals surface area contributed by atoms with Crippen molar-refractivity contribution in [2.24, 2.45) is 10.9 Å². The Hall–Kier alpha value is -0.890. The van der Waals surface area contributed by atoms with Crippen LogP contribution in [0.2, 0.25) is 0 Å². The zero-order valence-corrected chi connectivity index (χ0v) is 18.1. The lowest BCUT2D eigenvalue weighted by molar-refractivity contribution is 0.0487. The highest BCUT2D eigenvalue weighted by Gasteiger charge is 2.15. The Morgan fingerprint density at radius 3 is 2.37 bits per heavy atom. The van der Waals surface area contributed by atoms with E-state index in [1.807, 2.05) is 0 Å².